The molecule has 244 valence electrons. The topological polar surface area (TPSA) is 38.7 Å². The van der Waals surface area contributed by atoms with Gasteiger partial charge in [0.25, 0.3) is 0 Å². The molecule has 0 fully saturated rings. The molecule has 0 saturated heterocycles. The van der Waals surface area contributed by atoms with Gasteiger partial charge in [-0.15, -0.1) is 0 Å². The lowest BCUT2D eigenvalue weighted by Crippen LogP contribution is -1.99. The highest BCUT2D eigenvalue weighted by atomic mass is 32.5. The first-order chi connectivity index (χ1) is 20.1. The Balaban J connectivity index is 3.35. The lowest BCUT2D eigenvalue weighted by molar-refractivity contribution is 0.190. The summed E-state index contributed by atoms with van der Waals surface area (Å²) in [5.41, 5.74) is 0. The minimum Gasteiger partial charge on any atom is -0.324 e. The van der Waals surface area contributed by atoms with Crippen molar-refractivity contribution in [2.45, 2.75) is 194 Å². The van der Waals surface area contributed by atoms with Gasteiger partial charge >= 0.3 is 6.72 Å². The van der Waals surface area contributed by atoms with Crippen LogP contribution in [0.5, 0.6) is 0 Å². The second-order valence-corrected chi connectivity index (χ2v) is 14.8. The van der Waals surface area contributed by atoms with Crippen LogP contribution in [-0.4, -0.2) is 18.1 Å². The molecule has 0 aliphatic heterocycles. The van der Waals surface area contributed by atoms with Gasteiger partial charge in [-0.3, -0.25) is 0 Å². The van der Waals surface area contributed by atoms with E-state index in [1.165, 1.54) is 154 Å². The maximum Gasteiger partial charge on any atom is 0.324 e. The zero-order valence-corrected chi connectivity index (χ0v) is 29.4. The highest BCUT2D eigenvalue weighted by molar-refractivity contribution is 8.07. The molecular weight excluding hydrogens is 543 g/mol. The van der Waals surface area contributed by atoms with Crippen LogP contribution in [0.2, 0.25) is 0 Å². The number of allylic oxidation sites excluding steroid dienone is 4. The molecule has 0 bridgehead atoms. The van der Waals surface area contributed by atoms with Gasteiger partial charge < -0.3 is 13.9 Å². The molecule has 3 nitrogen and oxygen atoms in total. The van der Waals surface area contributed by atoms with Crippen LogP contribution < -0.4 is 0 Å². The summed E-state index contributed by atoms with van der Waals surface area (Å²) in [7, 11) is 0. The van der Waals surface area contributed by atoms with Gasteiger partial charge in [0.1, 0.15) is 0 Å². The third-order valence-electron chi connectivity index (χ3n) is 7.82. The summed E-state index contributed by atoms with van der Waals surface area (Å²) < 4.78 is 11.0. The first-order valence-electron chi connectivity index (χ1n) is 18.0. The number of hydrogen-bond donors (Lipinski definition) is 1. The fourth-order valence-corrected chi connectivity index (χ4v) is 6.34. The monoisotopic (exact) mass is 614 g/mol. The Labute approximate surface area is 263 Å². The van der Waals surface area contributed by atoms with Crippen LogP contribution in [0.1, 0.15) is 194 Å². The molecule has 0 atom stereocenters. The van der Waals surface area contributed by atoms with E-state index in [1.807, 2.05) is 0 Å². The molecule has 0 aliphatic carbocycles. The molecule has 0 aliphatic rings. The number of unbranched alkanes of at least 4 members (excludes halogenated alkanes) is 24. The fourth-order valence-electron chi connectivity index (χ4n) is 5.10. The predicted octanol–water partition coefficient (Wildman–Crippen LogP) is 13.3. The summed E-state index contributed by atoms with van der Waals surface area (Å²) in [6, 6.07) is 0. The van der Waals surface area contributed by atoms with E-state index < -0.39 is 6.72 Å². The smallest absolute Gasteiger partial charge is 0.324 e. The maximum atomic E-state index is 10.2. The van der Waals surface area contributed by atoms with Crippen molar-refractivity contribution in [1.82, 2.24) is 0 Å². The van der Waals surface area contributed by atoms with E-state index in [4.69, 9.17) is 20.9 Å². The Bertz CT molecular complexity index is 560. The quantitative estimate of drug-likeness (QED) is 0.0444. The van der Waals surface area contributed by atoms with Crippen molar-refractivity contribution in [2.75, 3.05) is 13.2 Å². The highest BCUT2D eigenvalue weighted by Gasteiger charge is 2.14. The number of rotatable bonds is 34. The second-order valence-electron chi connectivity index (χ2n) is 12.0. The average Bonchev–Trinajstić information content (AvgIpc) is 2.96. The van der Waals surface area contributed by atoms with Crippen molar-refractivity contribution in [3.05, 3.63) is 24.3 Å². The third kappa shape index (κ3) is 36.1. The summed E-state index contributed by atoms with van der Waals surface area (Å²) in [5, 5.41) is 0. The van der Waals surface area contributed by atoms with E-state index >= 15 is 0 Å². The van der Waals surface area contributed by atoms with Crippen LogP contribution in [-0.2, 0) is 20.9 Å². The Morgan fingerprint density at radius 1 is 0.415 bits per heavy atom. The standard InChI is InChI=1S/C36H71O3PS/c1-3-5-7-9-11-13-15-17-19-21-23-25-27-29-31-33-35-38-40(37,41)39-36-34-32-30-28-26-24-22-20-18-16-14-12-10-8-6-4-2/h17-20H,3-16,21-36H2,1-2H3,(H,37,41)/b19-17-,20-18-. The molecule has 0 amide bonds. The largest absolute Gasteiger partial charge is 0.324 e. The average molecular weight is 615 g/mol. The van der Waals surface area contributed by atoms with Gasteiger partial charge in [0.2, 0.25) is 0 Å². The van der Waals surface area contributed by atoms with Crippen LogP contribution in [0.4, 0.5) is 0 Å². The van der Waals surface area contributed by atoms with E-state index in [2.05, 4.69) is 38.2 Å². The Kier molecular flexibility index (Phi) is 34.5. The Morgan fingerprint density at radius 2 is 0.659 bits per heavy atom. The van der Waals surface area contributed by atoms with Crippen molar-refractivity contribution in [3.63, 3.8) is 0 Å². The molecule has 0 unspecified atom stereocenters. The van der Waals surface area contributed by atoms with Gasteiger partial charge in [0, 0.05) is 0 Å². The molecule has 41 heavy (non-hydrogen) atoms. The zero-order valence-electron chi connectivity index (χ0n) is 27.6. The third-order valence-corrected chi connectivity index (χ3v) is 9.47. The van der Waals surface area contributed by atoms with Gasteiger partial charge in [-0.25, -0.2) is 0 Å². The van der Waals surface area contributed by atoms with Gasteiger partial charge in [0.15, 0.2) is 0 Å². The maximum absolute atomic E-state index is 10.2. The van der Waals surface area contributed by atoms with E-state index in [1.54, 1.807) is 0 Å². The fraction of sp³-hybridized carbons (Fsp3) is 0.889. The van der Waals surface area contributed by atoms with Gasteiger partial charge in [-0.05, 0) is 76.0 Å². The van der Waals surface area contributed by atoms with Crippen molar-refractivity contribution in [3.8, 4) is 0 Å². The van der Waals surface area contributed by atoms with Crippen molar-refractivity contribution in [1.29, 1.82) is 0 Å². The number of hydrogen-bond acceptors (Lipinski definition) is 3. The summed E-state index contributed by atoms with van der Waals surface area (Å²) in [6.45, 7) is 2.53. The molecule has 0 spiro atoms. The van der Waals surface area contributed by atoms with E-state index in [0.29, 0.717) is 13.2 Å². The highest BCUT2D eigenvalue weighted by Crippen LogP contribution is 2.44. The van der Waals surface area contributed by atoms with Crippen LogP contribution >= 0.6 is 6.72 Å². The molecule has 0 rings (SSSR count). The van der Waals surface area contributed by atoms with Crippen LogP contribution in [0.25, 0.3) is 0 Å². The molecule has 0 aromatic carbocycles. The summed E-state index contributed by atoms with van der Waals surface area (Å²) >= 11 is 5.17. The normalized spacial score (nSPS) is 12.4. The predicted molar refractivity (Wildman–Crippen MR) is 187 cm³/mol. The van der Waals surface area contributed by atoms with Crippen LogP contribution in [0, 0.1) is 0 Å². The van der Waals surface area contributed by atoms with E-state index in [9.17, 15) is 4.89 Å². The molecule has 0 heterocycles. The summed E-state index contributed by atoms with van der Waals surface area (Å²) in [5.74, 6) is 0. The minimum absolute atomic E-state index is 0.516. The summed E-state index contributed by atoms with van der Waals surface area (Å²) in [6.07, 6.45) is 45.5. The molecule has 1 N–H and O–H groups in total. The van der Waals surface area contributed by atoms with Crippen molar-refractivity contribution >= 4 is 18.5 Å². The SMILES string of the molecule is CCCCCCCC/C=C\CCCCCCCCOP(O)(=S)OCCCCCCCC/C=C\CCCCCCCC. The molecule has 5 heteroatoms. The first kappa shape index (κ1) is 41.0. The lowest BCUT2D eigenvalue weighted by atomic mass is 10.1. The van der Waals surface area contributed by atoms with Gasteiger partial charge in [-0.1, -0.05) is 154 Å². The second kappa shape index (κ2) is 34.5. The lowest BCUT2D eigenvalue weighted by Gasteiger charge is -2.15. The van der Waals surface area contributed by atoms with Crippen LogP contribution in [0.15, 0.2) is 24.3 Å². The molecule has 0 radical (unpaired) electrons. The summed E-state index contributed by atoms with van der Waals surface area (Å²) in [4.78, 5) is 10.2. The zero-order chi connectivity index (χ0) is 30.0. The first-order valence-corrected chi connectivity index (χ1v) is 20.6. The van der Waals surface area contributed by atoms with Crippen LogP contribution in [0.3, 0.4) is 0 Å². The van der Waals surface area contributed by atoms with Gasteiger partial charge in [0.05, 0.1) is 13.2 Å². The van der Waals surface area contributed by atoms with E-state index in [-0.39, 0.29) is 0 Å². The minimum atomic E-state index is -3.05. The Hall–Kier alpha value is 0.0100. The van der Waals surface area contributed by atoms with Crippen molar-refractivity contribution in [2.24, 2.45) is 0 Å². The van der Waals surface area contributed by atoms with Gasteiger partial charge in [-0.2, -0.15) is 0 Å². The van der Waals surface area contributed by atoms with Crippen molar-refractivity contribution < 1.29 is 13.9 Å². The van der Waals surface area contributed by atoms with E-state index in [0.717, 1.165) is 25.7 Å². The molecule has 0 saturated carbocycles. The molecular formula is C36H71O3PS. The molecule has 0 aromatic rings. The Morgan fingerprint density at radius 3 is 0.951 bits per heavy atom. The molecule has 0 aromatic heterocycles.